The smallest absolute Gasteiger partial charge is 0.164 e. The number of carbonyl (C=O) groups excluding carboxylic acids is 1. The van der Waals surface area contributed by atoms with Crippen LogP contribution in [0, 0.1) is 0 Å². The summed E-state index contributed by atoms with van der Waals surface area (Å²) >= 11 is 0. The van der Waals surface area contributed by atoms with E-state index in [-0.39, 0.29) is 18.0 Å². The molecule has 0 spiro atoms. The highest BCUT2D eigenvalue weighted by Gasteiger charge is 2.51. The zero-order chi connectivity index (χ0) is 9.64. The lowest BCUT2D eigenvalue weighted by molar-refractivity contribution is -0.154. The van der Waals surface area contributed by atoms with Gasteiger partial charge in [-0.3, -0.25) is 4.79 Å². The quantitative estimate of drug-likeness (QED) is 0.589. The Morgan fingerprint density at radius 3 is 2.46 bits per heavy atom. The van der Waals surface area contributed by atoms with Crippen molar-refractivity contribution in [2.45, 2.75) is 44.9 Å². The molecule has 0 amide bonds. The Labute approximate surface area is 77.1 Å². The fraction of sp³-hybridized carbons (Fsp3) is 0.889. The largest absolute Gasteiger partial charge is 0.370 e. The molecule has 74 valence electrons. The number of Topliss-reactive ketones (excluding diaryl/α,β-unsaturated/α-hetero) is 1. The molecule has 0 saturated carbocycles. The van der Waals surface area contributed by atoms with Crippen molar-refractivity contribution < 1.29 is 19.0 Å². The Kier molecular flexibility index (Phi) is 1.94. The van der Waals surface area contributed by atoms with Crippen LogP contribution in [-0.4, -0.2) is 36.5 Å². The predicted molar refractivity (Wildman–Crippen MR) is 44.2 cm³/mol. The zero-order valence-corrected chi connectivity index (χ0v) is 8.07. The summed E-state index contributed by atoms with van der Waals surface area (Å²) in [4.78, 5) is 11.2. The Bertz CT molecular complexity index is 232. The molecule has 2 rings (SSSR count). The van der Waals surface area contributed by atoms with E-state index in [1.54, 1.807) is 0 Å². The molecule has 0 aliphatic carbocycles. The highest BCUT2D eigenvalue weighted by atomic mass is 16.8. The van der Waals surface area contributed by atoms with Crippen LogP contribution in [0.3, 0.4) is 0 Å². The van der Waals surface area contributed by atoms with E-state index in [1.807, 2.05) is 13.8 Å². The van der Waals surface area contributed by atoms with E-state index in [9.17, 15) is 4.79 Å². The first-order chi connectivity index (χ1) is 5.99. The number of hydrogen-bond acceptors (Lipinski definition) is 4. The highest BCUT2D eigenvalue weighted by Crippen LogP contribution is 2.34. The van der Waals surface area contributed by atoms with Gasteiger partial charge in [0.15, 0.2) is 11.6 Å². The number of carbonyl (C=O) groups is 1. The molecule has 2 aliphatic rings. The minimum atomic E-state index is -0.660. The van der Waals surface area contributed by atoms with Crippen molar-refractivity contribution >= 4 is 5.78 Å². The topological polar surface area (TPSA) is 48.1 Å². The molecule has 0 N–H and O–H groups in total. The van der Waals surface area contributed by atoms with Crippen molar-refractivity contribution in [1.82, 2.24) is 0 Å². The van der Waals surface area contributed by atoms with Gasteiger partial charge in [-0.15, -0.1) is 0 Å². The normalized spacial score (nSPS) is 41.9. The van der Waals surface area contributed by atoms with Gasteiger partial charge in [-0.05, 0) is 20.8 Å². The maximum Gasteiger partial charge on any atom is 0.164 e. The molecule has 0 bridgehead atoms. The van der Waals surface area contributed by atoms with Crippen LogP contribution in [-0.2, 0) is 19.0 Å². The lowest BCUT2D eigenvalue weighted by atomic mass is 10.1. The molecule has 4 nitrogen and oxygen atoms in total. The van der Waals surface area contributed by atoms with E-state index >= 15 is 0 Å². The van der Waals surface area contributed by atoms with Crippen LogP contribution in [0.15, 0.2) is 0 Å². The van der Waals surface area contributed by atoms with Crippen molar-refractivity contribution in [2.75, 3.05) is 6.61 Å². The van der Waals surface area contributed by atoms with Gasteiger partial charge in [-0.2, -0.15) is 0 Å². The maximum absolute atomic E-state index is 11.2. The first-order valence-electron chi connectivity index (χ1n) is 4.47. The summed E-state index contributed by atoms with van der Waals surface area (Å²) in [6.07, 6.45) is -0.620. The summed E-state index contributed by atoms with van der Waals surface area (Å²) in [6, 6.07) is 0. The first kappa shape index (κ1) is 9.12. The van der Waals surface area contributed by atoms with Crippen LogP contribution in [0.4, 0.5) is 0 Å². The van der Waals surface area contributed by atoms with Crippen molar-refractivity contribution in [3.8, 4) is 0 Å². The van der Waals surface area contributed by atoms with Gasteiger partial charge in [0.25, 0.3) is 0 Å². The van der Waals surface area contributed by atoms with Crippen LogP contribution in [0.25, 0.3) is 0 Å². The summed E-state index contributed by atoms with van der Waals surface area (Å²) in [5.41, 5.74) is 0. The second kappa shape index (κ2) is 2.77. The molecule has 0 aromatic heterocycles. The zero-order valence-electron chi connectivity index (χ0n) is 8.07. The standard InChI is InChI=1S/C9H14O4/c1-5(10)7-8(6-4-11-6)13-9(2,3)12-7/h6-8H,4H2,1-3H3/t6-,7-,8+/m0/s1. The average molecular weight is 186 g/mol. The molecule has 2 heterocycles. The van der Waals surface area contributed by atoms with Crippen LogP contribution in [0.2, 0.25) is 0 Å². The average Bonchev–Trinajstić information content (AvgIpc) is 2.75. The Hall–Kier alpha value is -0.450. The van der Waals surface area contributed by atoms with E-state index in [0.29, 0.717) is 6.61 Å². The second-order valence-electron chi connectivity index (χ2n) is 4.00. The third-order valence-electron chi connectivity index (χ3n) is 2.26. The first-order valence-corrected chi connectivity index (χ1v) is 4.47. The fourth-order valence-corrected chi connectivity index (χ4v) is 1.62. The molecule has 0 aromatic carbocycles. The number of ketones is 1. The summed E-state index contributed by atoms with van der Waals surface area (Å²) in [7, 11) is 0. The second-order valence-corrected chi connectivity index (χ2v) is 4.00. The number of rotatable bonds is 2. The Morgan fingerprint density at radius 2 is 2.00 bits per heavy atom. The van der Waals surface area contributed by atoms with Gasteiger partial charge in [0.2, 0.25) is 0 Å². The SMILES string of the molecule is CC(=O)[C@@H]1OC(C)(C)O[C@@H]1[C@@H]1CO1. The van der Waals surface area contributed by atoms with E-state index in [4.69, 9.17) is 14.2 Å². The van der Waals surface area contributed by atoms with Gasteiger partial charge < -0.3 is 14.2 Å². The molecule has 13 heavy (non-hydrogen) atoms. The predicted octanol–water partition coefficient (Wildman–Crippen LogP) is 0.494. The number of hydrogen-bond donors (Lipinski definition) is 0. The fourth-order valence-electron chi connectivity index (χ4n) is 1.62. The van der Waals surface area contributed by atoms with Gasteiger partial charge in [-0.25, -0.2) is 0 Å². The van der Waals surface area contributed by atoms with Crippen molar-refractivity contribution in [3.63, 3.8) is 0 Å². The van der Waals surface area contributed by atoms with Gasteiger partial charge in [0.05, 0.1) is 6.61 Å². The molecular formula is C9H14O4. The summed E-state index contributed by atoms with van der Waals surface area (Å²) < 4.78 is 16.2. The third kappa shape index (κ3) is 1.75. The minimum absolute atomic E-state index is 0.00563. The minimum Gasteiger partial charge on any atom is -0.370 e. The van der Waals surface area contributed by atoms with E-state index in [1.165, 1.54) is 6.92 Å². The van der Waals surface area contributed by atoms with Gasteiger partial charge in [0.1, 0.15) is 18.3 Å². The highest BCUT2D eigenvalue weighted by molar-refractivity contribution is 5.81. The van der Waals surface area contributed by atoms with Gasteiger partial charge in [-0.1, -0.05) is 0 Å². The molecule has 2 aliphatic heterocycles. The maximum atomic E-state index is 11.2. The van der Waals surface area contributed by atoms with Crippen LogP contribution >= 0.6 is 0 Å². The summed E-state index contributed by atoms with van der Waals surface area (Å²) in [6.45, 7) is 5.81. The molecule has 2 fully saturated rings. The molecule has 3 atom stereocenters. The molecule has 4 heteroatoms. The Morgan fingerprint density at radius 1 is 1.38 bits per heavy atom. The molecule has 2 saturated heterocycles. The number of epoxide rings is 1. The van der Waals surface area contributed by atoms with Crippen molar-refractivity contribution in [1.29, 1.82) is 0 Å². The van der Waals surface area contributed by atoms with Gasteiger partial charge in [0, 0.05) is 0 Å². The molecule has 0 aromatic rings. The van der Waals surface area contributed by atoms with E-state index in [0.717, 1.165) is 0 Å². The van der Waals surface area contributed by atoms with Crippen molar-refractivity contribution in [2.24, 2.45) is 0 Å². The van der Waals surface area contributed by atoms with Crippen LogP contribution in [0.1, 0.15) is 20.8 Å². The monoisotopic (exact) mass is 186 g/mol. The molecule has 0 radical (unpaired) electrons. The van der Waals surface area contributed by atoms with Crippen LogP contribution < -0.4 is 0 Å². The lowest BCUT2D eigenvalue weighted by Gasteiger charge is -2.15. The van der Waals surface area contributed by atoms with Gasteiger partial charge >= 0.3 is 0 Å². The van der Waals surface area contributed by atoms with E-state index < -0.39 is 11.9 Å². The lowest BCUT2D eigenvalue weighted by Crippen LogP contribution is -2.33. The summed E-state index contributed by atoms with van der Waals surface area (Å²) in [5, 5.41) is 0. The molecule has 0 unspecified atom stereocenters. The van der Waals surface area contributed by atoms with Crippen LogP contribution in [0.5, 0.6) is 0 Å². The Balaban J connectivity index is 2.11. The molecular weight excluding hydrogens is 172 g/mol. The van der Waals surface area contributed by atoms with Crippen molar-refractivity contribution in [3.05, 3.63) is 0 Å². The summed E-state index contributed by atoms with van der Waals surface area (Å²) in [5.74, 6) is -0.654. The van der Waals surface area contributed by atoms with E-state index in [2.05, 4.69) is 0 Å². The third-order valence-corrected chi connectivity index (χ3v) is 2.26. The number of ether oxygens (including phenoxy) is 3.